The van der Waals surface area contributed by atoms with Gasteiger partial charge in [-0.2, -0.15) is 13.2 Å². The van der Waals surface area contributed by atoms with E-state index in [4.69, 9.17) is 0 Å². The van der Waals surface area contributed by atoms with Crippen LogP contribution in [0.4, 0.5) is 13.2 Å². The van der Waals surface area contributed by atoms with Crippen LogP contribution in [0.2, 0.25) is 0 Å². The zero-order valence-electron chi connectivity index (χ0n) is 15.1. The topological polar surface area (TPSA) is 44.9 Å². The number of aromatic nitrogens is 1. The van der Waals surface area contributed by atoms with Crippen molar-refractivity contribution in [1.82, 2.24) is 10.3 Å². The Labute approximate surface area is 155 Å². The Hall–Kier alpha value is -2.76. The van der Waals surface area contributed by atoms with Crippen molar-refractivity contribution in [3.63, 3.8) is 0 Å². The van der Waals surface area contributed by atoms with Gasteiger partial charge in [-0.25, -0.2) is 0 Å². The standard InChI is InChI=1S/C21H21F3N2O/c1-13(2)26-20(27)11-17(14-6-5-7-15(10-14)21(22,23)24)18-12-25-19-9-4-3-8-16(18)19/h3-10,12-13,17,25H,11H2,1-2H3,(H,26,27). The molecule has 0 spiro atoms. The first-order valence-corrected chi connectivity index (χ1v) is 8.78. The highest BCUT2D eigenvalue weighted by Gasteiger charge is 2.31. The molecule has 0 fully saturated rings. The summed E-state index contributed by atoms with van der Waals surface area (Å²) in [5.41, 5.74) is 1.44. The second-order valence-corrected chi connectivity index (χ2v) is 6.89. The third-order valence-electron chi connectivity index (χ3n) is 4.45. The molecule has 0 aliphatic heterocycles. The monoisotopic (exact) mass is 374 g/mol. The number of hydrogen-bond acceptors (Lipinski definition) is 1. The minimum atomic E-state index is -4.43. The van der Waals surface area contributed by atoms with Crippen LogP contribution in [0.3, 0.4) is 0 Å². The predicted molar refractivity (Wildman–Crippen MR) is 99.5 cm³/mol. The van der Waals surface area contributed by atoms with Gasteiger partial charge in [-0.3, -0.25) is 4.79 Å². The van der Waals surface area contributed by atoms with Crippen molar-refractivity contribution in [3.05, 3.63) is 71.4 Å². The van der Waals surface area contributed by atoms with Crippen LogP contribution in [0.1, 0.15) is 42.9 Å². The minimum absolute atomic E-state index is 0.0392. The summed E-state index contributed by atoms with van der Waals surface area (Å²) in [5.74, 6) is -0.681. The molecule has 0 radical (unpaired) electrons. The molecule has 0 aliphatic rings. The number of H-pyrrole nitrogens is 1. The highest BCUT2D eigenvalue weighted by Crippen LogP contribution is 2.36. The van der Waals surface area contributed by atoms with Crippen LogP contribution < -0.4 is 5.32 Å². The molecule has 2 N–H and O–H groups in total. The summed E-state index contributed by atoms with van der Waals surface area (Å²) in [6.07, 6.45) is -2.58. The Bertz CT molecular complexity index is 944. The SMILES string of the molecule is CC(C)NC(=O)CC(c1cccc(C(F)(F)F)c1)c1c[nH]c2ccccc12. The number of fused-ring (bicyclic) bond motifs is 1. The third kappa shape index (κ3) is 4.32. The molecule has 1 atom stereocenters. The van der Waals surface area contributed by atoms with Crippen molar-refractivity contribution < 1.29 is 18.0 Å². The van der Waals surface area contributed by atoms with Crippen molar-refractivity contribution >= 4 is 16.8 Å². The van der Waals surface area contributed by atoms with Gasteiger partial charge in [0.1, 0.15) is 0 Å². The Kier molecular flexibility index (Phi) is 5.26. The van der Waals surface area contributed by atoms with Gasteiger partial charge >= 0.3 is 6.18 Å². The van der Waals surface area contributed by atoms with Gasteiger partial charge in [-0.1, -0.05) is 36.4 Å². The van der Waals surface area contributed by atoms with Crippen molar-refractivity contribution in [2.45, 2.75) is 38.4 Å². The molecule has 0 bridgehead atoms. The summed E-state index contributed by atoms with van der Waals surface area (Å²) >= 11 is 0. The molecular weight excluding hydrogens is 353 g/mol. The largest absolute Gasteiger partial charge is 0.416 e. The molecule has 3 nitrogen and oxygen atoms in total. The van der Waals surface area contributed by atoms with Gasteiger partial charge < -0.3 is 10.3 Å². The van der Waals surface area contributed by atoms with Gasteiger partial charge in [0, 0.05) is 35.5 Å². The molecule has 142 valence electrons. The minimum Gasteiger partial charge on any atom is -0.361 e. The van der Waals surface area contributed by atoms with E-state index in [0.717, 1.165) is 28.6 Å². The van der Waals surface area contributed by atoms with Crippen LogP contribution in [0.25, 0.3) is 10.9 Å². The van der Waals surface area contributed by atoms with Gasteiger partial charge in [0.25, 0.3) is 0 Å². The maximum Gasteiger partial charge on any atom is 0.416 e. The molecule has 0 saturated carbocycles. The van der Waals surface area contributed by atoms with Gasteiger partial charge in [-0.15, -0.1) is 0 Å². The fraction of sp³-hybridized carbons (Fsp3) is 0.286. The first kappa shape index (κ1) is 19.0. The van der Waals surface area contributed by atoms with Gasteiger partial charge in [0.2, 0.25) is 5.91 Å². The lowest BCUT2D eigenvalue weighted by Crippen LogP contribution is -2.31. The lowest BCUT2D eigenvalue weighted by atomic mass is 9.87. The van der Waals surface area contributed by atoms with Gasteiger partial charge in [0.15, 0.2) is 0 Å². The number of halogens is 3. The Morgan fingerprint density at radius 2 is 1.85 bits per heavy atom. The van der Waals surface area contributed by atoms with Crippen molar-refractivity contribution in [3.8, 4) is 0 Å². The Morgan fingerprint density at radius 1 is 1.11 bits per heavy atom. The number of alkyl halides is 3. The third-order valence-corrected chi connectivity index (χ3v) is 4.45. The van der Waals surface area contributed by atoms with E-state index in [-0.39, 0.29) is 18.4 Å². The number of para-hydroxylation sites is 1. The summed E-state index contributed by atoms with van der Waals surface area (Å²) in [6.45, 7) is 3.70. The predicted octanol–water partition coefficient (Wildman–Crippen LogP) is 5.23. The first-order valence-electron chi connectivity index (χ1n) is 8.78. The van der Waals surface area contributed by atoms with Crippen LogP contribution >= 0.6 is 0 Å². The van der Waals surface area contributed by atoms with Crippen LogP contribution in [0.15, 0.2) is 54.7 Å². The van der Waals surface area contributed by atoms with Crippen molar-refractivity contribution in [1.29, 1.82) is 0 Å². The maximum atomic E-state index is 13.2. The van der Waals surface area contributed by atoms with E-state index in [1.54, 1.807) is 12.3 Å². The molecule has 27 heavy (non-hydrogen) atoms. The summed E-state index contributed by atoms with van der Waals surface area (Å²) in [4.78, 5) is 15.6. The summed E-state index contributed by atoms with van der Waals surface area (Å²) < 4.78 is 39.5. The number of nitrogens with one attached hydrogen (secondary N) is 2. The maximum absolute atomic E-state index is 13.2. The van der Waals surface area contributed by atoms with Crippen molar-refractivity contribution in [2.24, 2.45) is 0 Å². The molecule has 2 aromatic carbocycles. The summed E-state index contributed by atoms with van der Waals surface area (Å²) in [7, 11) is 0. The molecule has 0 aliphatic carbocycles. The van der Waals surface area contributed by atoms with E-state index in [9.17, 15) is 18.0 Å². The fourth-order valence-electron chi connectivity index (χ4n) is 3.29. The molecule has 6 heteroatoms. The Morgan fingerprint density at radius 3 is 2.56 bits per heavy atom. The smallest absolute Gasteiger partial charge is 0.361 e. The molecule has 1 aromatic heterocycles. The second kappa shape index (κ2) is 7.47. The molecule has 1 unspecified atom stereocenters. The molecule has 3 rings (SSSR count). The molecule has 1 heterocycles. The zero-order chi connectivity index (χ0) is 19.6. The number of benzene rings is 2. The van der Waals surface area contributed by atoms with Gasteiger partial charge in [0.05, 0.1) is 5.56 Å². The van der Waals surface area contributed by atoms with E-state index in [0.29, 0.717) is 5.56 Å². The van der Waals surface area contributed by atoms with E-state index in [2.05, 4.69) is 10.3 Å². The van der Waals surface area contributed by atoms with E-state index in [1.807, 2.05) is 38.1 Å². The van der Waals surface area contributed by atoms with Crippen LogP contribution in [-0.4, -0.2) is 16.9 Å². The first-order chi connectivity index (χ1) is 12.8. The Balaban J connectivity index is 2.07. The summed E-state index contributed by atoms with van der Waals surface area (Å²) in [5, 5.41) is 3.73. The number of carbonyl (C=O) groups is 1. The molecule has 0 saturated heterocycles. The van der Waals surface area contributed by atoms with E-state index < -0.39 is 17.7 Å². The number of amides is 1. The zero-order valence-corrected chi connectivity index (χ0v) is 15.1. The van der Waals surface area contributed by atoms with Crippen LogP contribution in [0, 0.1) is 0 Å². The normalized spacial score (nSPS) is 13.1. The van der Waals surface area contributed by atoms with E-state index >= 15 is 0 Å². The lowest BCUT2D eigenvalue weighted by molar-refractivity contribution is -0.137. The summed E-state index contributed by atoms with van der Waals surface area (Å²) in [6, 6.07) is 12.7. The highest BCUT2D eigenvalue weighted by molar-refractivity contribution is 5.86. The van der Waals surface area contributed by atoms with Gasteiger partial charge in [-0.05, 0) is 37.1 Å². The average Bonchev–Trinajstić information content (AvgIpc) is 3.02. The number of hydrogen-bond donors (Lipinski definition) is 2. The number of carbonyl (C=O) groups excluding carboxylic acids is 1. The molecule has 1 amide bonds. The van der Waals surface area contributed by atoms with E-state index in [1.165, 1.54) is 6.07 Å². The fourth-order valence-corrected chi connectivity index (χ4v) is 3.29. The quantitative estimate of drug-likeness (QED) is 0.631. The second-order valence-electron chi connectivity index (χ2n) is 6.89. The highest BCUT2D eigenvalue weighted by atomic mass is 19.4. The van der Waals surface area contributed by atoms with Crippen molar-refractivity contribution in [2.75, 3.05) is 0 Å². The number of aromatic amines is 1. The average molecular weight is 374 g/mol. The lowest BCUT2D eigenvalue weighted by Gasteiger charge is -2.19. The van der Waals surface area contributed by atoms with Crippen LogP contribution in [0.5, 0.6) is 0 Å². The number of rotatable bonds is 5. The molecular formula is C21H21F3N2O. The van der Waals surface area contributed by atoms with Crippen LogP contribution in [-0.2, 0) is 11.0 Å². The molecule has 3 aromatic rings.